The second-order valence-corrected chi connectivity index (χ2v) is 6.00. The van der Waals surface area contributed by atoms with Crippen LogP contribution in [0.3, 0.4) is 0 Å². The van der Waals surface area contributed by atoms with Gasteiger partial charge < -0.3 is 14.4 Å². The number of H-pyrrole nitrogens is 1. The number of hydrogen-bond acceptors (Lipinski definition) is 4. The van der Waals surface area contributed by atoms with Crippen molar-refractivity contribution in [2.45, 2.75) is 38.0 Å². The van der Waals surface area contributed by atoms with Crippen LogP contribution in [-0.4, -0.2) is 39.0 Å². The van der Waals surface area contributed by atoms with Gasteiger partial charge in [-0.2, -0.15) is 4.98 Å². The fourth-order valence-corrected chi connectivity index (χ4v) is 3.07. The minimum Gasteiger partial charge on any atom is -0.364 e. The number of rotatable bonds is 3. The van der Waals surface area contributed by atoms with Crippen molar-refractivity contribution in [2.75, 3.05) is 13.1 Å². The highest BCUT2D eigenvalue weighted by molar-refractivity contribution is 5.96. The Morgan fingerprint density at radius 2 is 2.24 bits per heavy atom. The van der Waals surface area contributed by atoms with Crippen molar-refractivity contribution in [3.05, 3.63) is 35.2 Å². The van der Waals surface area contributed by atoms with Gasteiger partial charge >= 0.3 is 0 Å². The zero-order valence-electron chi connectivity index (χ0n) is 12.0. The number of nitrogens with zero attached hydrogens (tertiary/aromatic N) is 3. The van der Waals surface area contributed by atoms with Gasteiger partial charge in [-0.25, -0.2) is 0 Å². The predicted molar refractivity (Wildman–Crippen MR) is 75.1 cm³/mol. The molecule has 0 spiro atoms. The minimum atomic E-state index is 0.122. The molecule has 2 aromatic rings. The average Bonchev–Trinajstić information content (AvgIpc) is 2.94. The monoisotopic (exact) mass is 286 g/mol. The molecule has 6 heteroatoms. The van der Waals surface area contributed by atoms with Crippen LogP contribution in [0.1, 0.15) is 58.9 Å². The molecule has 21 heavy (non-hydrogen) atoms. The van der Waals surface area contributed by atoms with E-state index < -0.39 is 0 Å². The smallest absolute Gasteiger partial charge is 0.255 e. The lowest BCUT2D eigenvalue weighted by atomic mass is 10.1. The SMILES string of the molecule is Cc1noc([C@H]2CCN(C(=O)c3cc[nH]c3C3CC3)C2)n1. The van der Waals surface area contributed by atoms with Crippen LogP contribution in [0, 0.1) is 6.92 Å². The Bertz CT molecular complexity index is 671. The lowest BCUT2D eigenvalue weighted by molar-refractivity contribution is 0.0788. The standard InChI is InChI=1S/C15H18N4O2/c1-9-17-14(21-18-9)11-5-7-19(8-11)15(20)12-4-6-16-13(12)10-2-3-10/h4,6,10-11,16H,2-3,5,7-8H2,1H3/t11-/m0/s1. The average molecular weight is 286 g/mol. The van der Waals surface area contributed by atoms with Gasteiger partial charge in [0.2, 0.25) is 5.89 Å². The molecule has 1 amide bonds. The van der Waals surface area contributed by atoms with Gasteiger partial charge in [0.15, 0.2) is 5.82 Å². The zero-order valence-corrected chi connectivity index (χ0v) is 12.0. The fraction of sp³-hybridized carbons (Fsp3) is 0.533. The number of carbonyl (C=O) groups excluding carboxylic acids is 1. The quantitative estimate of drug-likeness (QED) is 0.938. The van der Waals surface area contributed by atoms with Crippen LogP contribution < -0.4 is 0 Å². The van der Waals surface area contributed by atoms with Crippen molar-refractivity contribution in [3.8, 4) is 0 Å². The third-order valence-electron chi connectivity index (χ3n) is 4.36. The highest BCUT2D eigenvalue weighted by Gasteiger charge is 2.35. The van der Waals surface area contributed by atoms with Gasteiger partial charge in [0.25, 0.3) is 5.91 Å². The van der Waals surface area contributed by atoms with E-state index in [-0.39, 0.29) is 11.8 Å². The van der Waals surface area contributed by atoms with E-state index in [4.69, 9.17) is 4.52 Å². The molecule has 1 N–H and O–H groups in total. The summed E-state index contributed by atoms with van der Waals surface area (Å²) in [7, 11) is 0. The van der Waals surface area contributed by atoms with E-state index >= 15 is 0 Å². The molecule has 2 aromatic heterocycles. The maximum Gasteiger partial charge on any atom is 0.255 e. The maximum atomic E-state index is 12.7. The summed E-state index contributed by atoms with van der Waals surface area (Å²) in [5.74, 6) is 2.14. The summed E-state index contributed by atoms with van der Waals surface area (Å²) in [4.78, 5) is 22.1. The van der Waals surface area contributed by atoms with Gasteiger partial charge in [-0.15, -0.1) is 0 Å². The highest BCUT2D eigenvalue weighted by atomic mass is 16.5. The van der Waals surface area contributed by atoms with Gasteiger partial charge in [0.05, 0.1) is 11.5 Å². The van der Waals surface area contributed by atoms with Crippen molar-refractivity contribution in [1.82, 2.24) is 20.0 Å². The molecule has 1 saturated heterocycles. The summed E-state index contributed by atoms with van der Waals surface area (Å²) < 4.78 is 5.23. The Labute approximate surface area is 122 Å². The second kappa shape index (κ2) is 4.72. The molecule has 0 unspecified atom stereocenters. The maximum absolute atomic E-state index is 12.7. The molecule has 1 aliphatic heterocycles. The first-order valence-corrected chi connectivity index (χ1v) is 7.49. The first-order chi connectivity index (χ1) is 10.2. The van der Waals surface area contributed by atoms with Crippen molar-refractivity contribution in [1.29, 1.82) is 0 Å². The van der Waals surface area contributed by atoms with Gasteiger partial charge in [0, 0.05) is 25.0 Å². The molecular formula is C15H18N4O2. The lowest BCUT2D eigenvalue weighted by Gasteiger charge is -2.16. The lowest BCUT2D eigenvalue weighted by Crippen LogP contribution is -2.28. The number of aryl methyl sites for hydroxylation is 1. The van der Waals surface area contributed by atoms with Crippen molar-refractivity contribution < 1.29 is 9.32 Å². The molecule has 2 fully saturated rings. The van der Waals surface area contributed by atoms with Gasteiger partial charge in [-0.3, -0.25) is 4.79 Å². The molecule has 4 rings (SSSR count). The van der Waals surface area contributed by atoms with E-state index in [2.05, 4.69) is 15.1 Å². The number of likely N-dealkylation sites (tertiary alicyclic amines) is 1. The van der Waals surface area contributed by atoms with Crippen LogP contribution in [0.2, 0.25) is 0 Å². The van der Waals surface area contributed by atoms with Gasteiger partial charge in [-0.05, 0) is 38.2 Å². The number of aromatic amines is 1. The predicted octanol–water partition coefficient (Wildman–Crippen LogP) is 2.21. The van der Waals surface area contributed by atoms with Crippen molar-refractivity contribution in [3.63, 3.8) is 0 Å². The number of aromatic nitrogens is 3. The summed E-state index contributed by atoms with van der Waals surface area (Å²) in [5, 5.41) is 3.83. The number of hydrogen-bond donors (Lipinski definition) is 1. The van der Waals surface area contributed by atoms with Gasteiger partial charge in [0.1, 0.15) is 0 Å². The highest BCUT2D eigenvalue weighted by Crippen LogP contribution is 2.41. The summed E-state index contributed by atoms with van der Waals surface area (Å²) >= 11 is 0. The minimum absolute atomic E-state index is 0.122. The number of amides is 1. The molecule has 110 valence electrons. The molecule has 1 atom stereocenters. The summed E-state index contributed by atoms with van der Waals surface area (Å²) in [5.41, 5.74) is 1.94. The van der Waals surface area contributed by atoms with Crippen molar-refractivity contribution in [2.24, 2.45) is 0 Å². The summed E-state index contributed by atoms with van der Waals surface area (Å²) in [6.07, 6.45) is 5.13. The van der Waals surface area contributed by atoms with Crippen LogP contribution in [0.15, 0.2) is 16.8 Å². The van der Waals surface area contributed by atoms with E-state index in [1.165, 1.54) is 12.8 Å². The van der Waals surface area contributed by atoms with E-state index in [9.17, 15) is 4.79 Å². The Morgan fingerprint density at radius 3 is 2.95 bits per heavy atom. The normalized spacial score (nSPS) is 22.0. The summed E-state index contributed by atoms with van der Waals surface area (Å²) in [6.45, 7) is 3.22. The second-order valence-electron chi connectivity index (χ2n) is 6.00. The van der Waals surface area contributed by atoms with Crippen LogP contribution in [0.5, 0.6) is 0 Å². The Hall–Kier alpha value is -2.11. The molecule has 1 saturated carbocycles. The van der Waals surface area contributed by atoms with Crippen molar-refractivity contribution >= 4 is 5.91 Å². The van der Waals surface area contributed by atoms with Crippen LogP contribution in [0.25, 0.3) is 0 Å². The zero-order chi connectivity index (χ0) is 14.4. The third-order valence-corrected chi connectivity index (χ3v) is 4.36. The fourth-order valence-electron chi connectivity index (χ4n) is 3.07. The van der Waals surface area contributed by atoms with Crippen LogP contribution in [-0.2, 0) is 0 Å². The third kappa shape index (κ3) is 2.24. The molecule has 1 aliphatic carbocycles. The Kier molecular flexibility index (Phi) is 2.83. The topological polar surface area (TPSA) is 75.0 Å². The molecule has 6 nitrogen and oxygen atoms in total. The van der Waals surface area contributed by atoms with E-state index in [1.807, 2.05) is 24.1 Å². The molecule has 3 heterocycles. The Morgan fingerprint density at radius 1 is 1.38 bits per heavy atom. The molecule has 0 radical (unpaired) electrons. The van der Waals surface area contributed by atoms with Crippen LogP contribution in [0.4, 0.5) is 0 Å². The van der Waals surface area contributed by atoms with E-state index in [1.54, 1.807) is 0 Å². The molecule has 0 aromatic carbocycles. The van der Waals surface area contributed by atoms with Gasteiger partial charge in [-0.1, -0.05) is 5.16 Å². The molecular weight excluding hydrogens is 268 g/mol. The summed E-state index contributed by atoms with van der Waals surface area (Å²) in [6, 6.07) is 1.90. The number of nitrogens with one attached hydrogen (secondary N) is 1. The van der Waals surface area contributed by atoms with Crippen LogP contribution >= 0.6 is 0 Å². The van der Waals surface area contributed by atoms with E-state index in [0.717, 1.165) is 24.2 Å². The first kappa shape index (κ1) is 12.6. The van der Waals surface area contributed by atoms with E-state index in [0.29, 0.717) is 24.2 Å². The Balaban J connectivity index is 1.50. The molecule has 0 bridgehead atoms. The molecule has 2 aliphatic rings. The first-order valence-electron chi connectivity index (χ1n) is 7.49. The number of carbonyl (C=O) groups is 1. The largest absolute Gasteiger partial charge is 0.364 e.